The van der Waals surface area contributed by atoms with E-state index in [4.69, 9.17) is 13.9 Å². The van der Waals surface area contributed by atoms with Crippen molar-refractivity contribution in [3.63, 3.8) is 0 Å². The molecule has 0 aliphatic carbocycles. The number of hydrogen-bond donors (Lipinski definition) is 1. The third-order valence-electron chi connectivity index (χ3n) is 4.84. The van der Waals surface area contributed by atoms with Gasteiger partial charge in [0, 0.05) is 0 Å². The molecule has 0 radical (unpaired) electrons. The van der Waals surface area contributed by atoms with Crippen molar-refractivity contribution in [2.45, 2.75) is 33.6 Å². The molecule has 1 amide bonds. The van der Waals surface area contributed by atoms with Crippen molar-refractivity contribution < 1.29 is 18.7 Å². The van der Waals surface area contributed by atoms with Crippen LogP contribution in [0.4, 0.5) is 5.69 Å². The molecule has 1 N–H and O–H groups in total. The predicted molar refractivity (Wildman–Crippen MR) is 121 cm³/mol. The number of nitrogens with zero attached hydrogens (tertiary/aromatic N) is 2. The molecule has 7 heteroatoms. The Labute approximate surface area is 186 Å². The van der Waals surface area contributed by atoms with Gasteiger partial charge in [-0.05, 0) is 60.9 Å². The minimum Gasteiger partial charge on any atom is -0.486 e. The molecule has 0 bridgehead atoms. The summed E-state index contributed by atoms with van der Waals surface area (Å²) < 4.78 is 18.7. The van der Waals surface area contributed by atoms with Gasteiger partial charge >= 0.3 is 0 Å². The molecule has 32 heavy (non-hydrogen) atoms. The Morgan fingerprint density at radius 3 is 2.69 bits per heavy atom. The van der Waals surface area contributed by atoms with Gasteiger partial charge in [0.15, 0.2) is 12.5 Å². The first kappa shape index (κ1) is 21.2. The van der Waals surface area contributed by atoms with Gasteiger partial charge in [-0.15, -0.1) is 0 Å². The molecular formula is C25H25N3O4. The Morgan fingerprint density at radius 2 is 1.91 bits per heavy atom. The fourth-order valence-corrected chi connectivity index (χ4v) is 3.09. The molecule has 0 aliphatic heterocycles. The maximum Gasteiger partial charge on any atom is 0.291 e. The first-order valence-electron chi connectivity index (χ1n) is 10.4. The minimum absolute atomic E-state index is 0.202. The number of ether oxygens (including phenoxy) is 2. The molecule has 0 saturated heterocycles. The number of aromatic nitrogens is 2. The number of carbonyl (C=O) groups excluding carboxylic acids is 1. The van der Waals surface area contributed by atoms with Crippen LogP contribution < -0.4 is 14.8 Å². The lowest BCUT2D eigenvalue weighted by Gasteiger charge is -2.06. The van der Waals surface area contributed by atoms with E-state index in [0.29, 0.717) is 11.4 Å². The van der Waals surface area contributed by atoms with Crippen molar-refractivity contribution in [2.24, 2.45) is 0 Å². The summed E-state index contributed by atoms with van der Waals surface area (Å²) in [5.41, 5.74) is 2.92. The van der Waals surface area contributed by atoms with E-state index in [1.807, 2.05) is 55.5 Å². The van der Waals surface area contributed by atoms with Crippen LogP contribution in [0.1, 0.15) is 34.4 Å². The third kappa shape index (κ3) is 5.57. The largest absolute Gasteiger partial charge is 0.486 e. The van der Waals surface area contributed by atoms with Gasteiger partial charge in [-0.25, -0.2) is 4.68 Å². The van der Waals surface area contributed by atoms with Gasteiger partial charge in [0.25, 0.3) is 5.91 Å². The standard InChI is InChI=1S/C25H25N3O4/c1-3-19-7-9-21(10-8-19)31-17-28-15-20(14-26-28)27-25(29)24-12-11-23(32-24)16-30-22-6-4-5-18(2)13-22/h4-15H,3,16-17H2,1-2H3,(H,27,29). The van der Waals surface area contributed by atoms with E-state index < -0.39 is 0 Å². The zero-order chi connectivity index (χ0) is 22.3. The summed E-state index contributed by atoms with van der Waals surface area (Å²) in [5.74, 6) is 1.92. The SMILES string of the molecule is CCc1ccc(OCn2cc(NC(=O)c3ccc(COc4cccc(C)c4)o3)cn2)cc1. The van der Waals surface area contributed by atoms with Crippen molar-refractivity contribution in [1.82, 2.24) is 9.78 Å². The quantitative estimate of drug-likeness (QED) is 0.393. The van der Waals surface area contributed by atoms with E-state index >= 15 is 0 Å². The zero-order valence-corrected chi connectivity index (χ0v) is 18.1. The summed E-state index contributed by atoms with van der Waals surface area (Å²) >= 11 is 0. The van der Waals surface area contributed by atoms with E-state index in [2.05, 4.69) is 17.3 Å². The highest BCUT2D eigenvalue weighted by atomic mass is 16.5. The van der Waals surface area contributed by atoms with Crippen molar-refractivity contribution >= 4 is 11.6 Å². The van der Waals surface area contributed by atoms with E-state index in [9.17, 15) is 4.79 Å². The first-order chi connectivity index (χ1) is 15.6. The van der Waals surface area contributed by atoms with Gasteiger partial charge in [0.2, 0.25) is 0 Å². The van der Waals surface area contributed by atoms with Crippen LogP contribution in [0.25, 0.3) is 0 Å². The summed E-state index contributed by atoms with van der Waals surface area (Å²) in [6.45, 7) is 4.59. The molecule has 0 saturated carbocycles. The van der Waals surface area contributed by atoms with E-state index in [1.165, 1.54) is 5.56 Å². The number of furan rings is 1. The monoisotopic (exact) mass is 431 g/mol. The van der Waals surface area contributed by atoms with Crippen LogP contribution in [0.15, 0.2) is 77.5 Å². The highest BCUT2D eigenvalue weighted by Gasteiger charge is 2.13. The maximum absolute atomic E-state index is 12.5. The second-order valence-corrected chi connectivity index (χ2v) is 7.36. The molecule has 2 aromatic carbocycles. The van der Waals surface area contributed by atoms with Gasteiger partial charge in [0.05, 0.1) is 18.1 Å². The van der Waals surface area contributed by atoms with Gasteiger partial charge < -0.3 is 19.2 Å². The Morgan fingerprint density at radius 1 is 1.06 bits per heavy atom. The fourth-order valence-electron chi connectivity index (χ4n) is 3.09. The maximum atomic E-state index is 12.5. The number of aryl methyl sites for hydroxylation is 2. The summed E-state index contributed by atoms with van der Waals surface area (Å²) in [6.07, 6.45) is 4.24. The van der Waals surface area contributed by atoms with Crippen molar-refractivity contribution in [3.8, 4) is 11.5 Å². The molecule has 0 unspecified atom stereocenters. The first-order valence-corrected chi connectivity index (χ1v) is 10.4. The molecule has 2 aromatic heterocycles. The van der Waals surface area contributed by atoms with Crippen LogP contribution in [0.2, 0.25) is 0 Å². The number of carbonyl (C=O) groups is 1. The molecule has 7 nitrogen and oxygen atoms in total. The normalized spacial score (nSPS) is 10.7. The Hall–Kier alpha value is -4.00. The van der Waals surface area contributed by atoms with E-state index in [1.54, 1.807) is 29.2 Å². The molecule has 4 rings (SSSR count). The van der Waals surface area contributed by atoms with Gasteiger partial charge in [-0.2, -0.15) is 5.10 Å². The van der Waals surface area contributed by atoms with Crippen LogP contribution in [0.5, 0.6) is 11.5 Å². The summed E-state index contributed by atoms with van der Waals surface area (Å²) in [4.78, 5) is 12.5. The Kier molecular flexibility index (Phi) is 6.55. The Balaban J connectivity index is 1.28. The van der Waals surface area contributed by atoms with Gasteiger partial charge in [0.1, 0.15) is 23.9 Å². The molecule has 4 aromatic rings. The minimum atomic E-state index is -0.359. The predicted octanol–water partition coefficient (Wildman–Crippen LogP) is 5.21. The summed E-state index contributed by atoms with van der Waals surface area (Å²) in [6, 6.07) is 19.0. The lowest BCUT2D eigenvalue weighted by Crippen LogP contribution is -2.10. The van der Waals surface area contributed by atoms with Crippen LogP contribution >= 0.6 is 0 Å². The van der Waals surface area contributed by atoms with Crippen molar-refractivity contribution in [1.29, 1.82) is 0 Å². The number of anilines is 1. The van der Waals surface area contributed by atoms with Crippen LogP contribution in [0.3, 0.4) is 0 Å². The van der Waals surface area contributed by atoms with Crippen molar-refractivity contribution in [3.05, 3.63) is 95.7 Å². The van der Waals surface area contributed by atoms with E-state index in [0.717, 1.165) is 23.5 Å². The highest BCUT2D eigenvalue weighted by Crippen LogP contribution is 2.17. The van der Waals surface area contributed by atoms with E-state index in [-0.39, 0.29) is 25.0 Å². The average Bonchev–Trinajstić information content (AvgIpc) is 3.46. The number of amides is 1. The number of rotatable bonds is 9. The van der Waals surface area contributed by atoms with Crippen LogP contribution in [-0.4, -0.2) is 15.7 Å². The van der Waals surface area contributed by atoms with Gasteiger partial charge in [-0.3, -0.25) is 4.79 Å². The molecule has 164 valence electrons. The molecule has 0 aliphatic rings. The number of benzene rings is 2. The van der Waals surface area contributed by atoms with Crippen LogP contribution in [-0.2, 0) is 19.8 Å². The molecular weight excluding hydrogens is 406 g/mol. The second kappa shape index (κ2) is 9.87. The molecule has 0 atom stereocenters. The topological polar surface area (TPSA) is 78.5 Å². The van der Waals surface area contributed by atoms with Crippen molar-refractivity contribution in [2.75, 3.05) is 5.32 Å². The molecule has 2 heterocycles. The summed E-state index contributed by atoms with van der Waals surface area (Å²) in [7, 11) is 0. The van der Waals surface area contributed by atoms with Crippen LogP contribution in [0, 0.1) is 6.92 Å². The fraction of sp³-hybridized carbons (Fsp3) is 0.200. The lowest BCUT2D eigenvalue weighted by molar-refractivity contribution is 0.0992. The lowest BCUT2D eigenvalue weighted by atomic mass is 10.2. The average molecular weight is 431 g/mol. The Bertz CT molecular complexity index is 1180. The number of nitrogens with one attached hydrogen (secondary N) is 1. The highest BCUT2D eigenvalue weighted by molar-refractivity contribution is 6.02. The summed E-state index contributed by atoms with van der Waals surface area (Å²) in [5, 5.41) is 6.99. The zero-order valence-electron chi connectivity index (χ0n) is 18.1. The smallest absolute Gasteiger partial charge is 0.291 e. The second-order valence-electron chi connectivity index (χ2n) is 7.36. The molecule has 0 fully saturated rings. The van der Waals surface area contributed by atoms with Gasteiger partial charge in [-0.1, -0.05) is 31.2 Å². The number of hydrogen-bond acceptors (Lipinski definition) is 5. The molecule has 0 spiro atoms. The third-order valence-corrected chi connectivity index (χ3v) is 4.84.